The average molecular weight is 385 g/mol. The van der Waals surface area contributed by atoms with Crippen LogP contribution in [0.1, 0.15) is 48.1 Å². The van der Waals surface area contributed by atoms with Gasteiger partial charge in [0.05, 0.1) is 19.3 Å². The Morgan fingerprint density at radius 2 is 2.11 bits per heavy atom. The molecule has 1 aliphatic heterocycles. The van der Waals surface area contributed by atoms with Crippen LogP contribution in [-0.4, -0.2) is 30.0 Å². The van der Waals surface area contributed by atoms with E-state index >= 15 is 0 Å². The van der Waals surface area contributed by atoms with Crippen LogP contribution in [0.4, 0.5) is 5.69 Å². The predicted molar refractivity (Wildman–Crippen MR) is 110 cm³/mol. The van der Waals surface area contributed by atoms with Crippen LogP contribution in [-0.2, 0) is 29.1 Å². The fourth-order valence-corrected chi connectivity index (χ4v) is 4.86. The first-order valence-electron chi connectivity index (χ1n) is 10.1. The summed E-state index contributed by atoms with van der Waals surface area (Å²) < 4.78 is 6.07. The zero-order valence-electron chi connectivity index (χ0n) is 15.8. The molecule has 27 heavy (non-hydrogen) atoms. The first-order valence-corrected chi connectivity index (χ1v) is 10.9. The maximum absolute atomic E-state index is 12.6. The van der Waals surface area contributed by atoms with E-state index in [9.17, 15) is 4.79 Å². The number of hydrogen-bond donors (Lipinski definition) is 1. The van der Waals surface area contributed by atoms with Gasteiger partial charge in [-0.25, -0.2) is 0 Å². The summed E-state index contributed by atoms with van der Waals surface area (Å²) in [7, 11) is 0. The van der Waals surface area contributed by atoms with Gasteiger partial charge in [-0.2, -0.15) is 0 Å². The zero-order chi connectivity index (χ0) is 18.5. The summed E-state index contributed by atoms with van der Waals surface area (Å²) in [5.41, 5.74) is 3.46. The molecule has 1 saturated carbocycles. The van der Waals surface area contributed by atoms with E-state index < -0.39 is 0 Å². The summed E-state index contributed by atoms with van der Waals surface area (Å²) >= 11 is 1.80. The number of benzene rings is 1. The quantitative estimate of drug-likeness (QED) is 0.792. The molecule has 2 aromatic rings. The molecule has 4 rings (SSSR count). The van der Waals surface area contributed by atoms with E-state index in [2.05, 4.69) is 28.9 Å². The second-order valence-electron chi connectivity index (χ2n) is 7.56. The molecular weight excluding hydrogens is 356 g/mol. The van der Waals surface area contributed by atoms with E-state index in [-0.39, 0.29) is 5.91 Å². The number of hydrogen-bond acceptors (Lipinski definition) is 4. The average Bonchev–Trinajstić information content (AvgIpc) is 3.19. The number of ether oxygens (including phenoxy) is 1. The van der Waals surface area contributed by atoms with Crippen molar-refractivity contribution >= 4 is 22.9 Å². The second kappa shape index (κ2) is 8.89. The Labute approximate surface area is 165 Å². The molecule has 144 valence electrons. The fraction of sp³-hybridized carbons (Fsp3) is 0.500. The molecule has 5 heteroatoms. The highest BCUT2D eigenvalue weighted by Crippen LogP contribution is 2.24. The normalized spacial score (nSPS) is 17.6. The largest absolute Gasteiger partial charge is 0.376 e. The summed E-state index contributed by atoms with van der Waals surface area (Å²) in [6.07, 6.45) is 7.70. The third-order valence-corrected chi connectivity index (χ3v) is 6.59. The molecule has 1 aromatic carbocycles. The van der Waals surface area contributed by atoms with E-state index in [1.807, 2.05) is 17.0 Å². The van der Waals surface area contributed by atoms with Gasteiger partial charge in [0, 0.05) is 23.7 Å². The molecule has 0 atom stereocenters. The van der Waals surface area contributed by atoms with Crippen LogP contribution in [0.25, 0.3) is 0 Å². The molecule has 2 heterocycles. The highest BCUT2D eigenvalue weighted by molar-refractivity contribution is 7.10. The Kier molecular flexibility index (Phi) is 6.10. The van der Waals surface area contributed by atoms with Crippen molar-refractivity contribution < 1.29 is 9.53 Å². The lowest BCUT2D eigenvalue weighted by atomic mass is 9.98. The summed E-state index contributed by atoms with van der Waals surface area (Å²) in [6.45, 7) is 2.56. The number of nitrogens with zero attached hydrogens (tertiary/aromatic N) is 1. The van der Waals surface area contributed by atoms with Crippen LogP contribution in [0.5, 0.6) is 0 Å². The van der Waals surface area contributed by atoms with E-state index in [4.69, 9.17) is 4.74 Å². The van der Waals surface area contributed by atoms with Gasteiger partial charge >= 0.3 is 0 Å². The maximum Gasteiger partial charge on any atom is 0.242 e. The van der Waals surface area contributed by atoms with Crippen molar-refractivity contribution in [3.05, 3.63) is 51.7 Å². The molecule has 1 fully saturated rings. The van der Waals surface area contributed by atoms with Crippen LogP contribution in [0.3, 0.4) is 0 Å². The fourth-order valence-electron chi connectivity index (χ4n) is 3.97. The predicted octanol–water partition coefficient (Wildman–Crippen LogP) is 4.59. The number of rotatable bonds is 6. The smallest absolute Gasteiger partial charge is 0.242 e. The van der Waals surface area contributed by atoms with Crippen molar-refractivity contribution in [2.45, 2.75) is 57.8 Å². The van der Waals surface area contributed by atoms with Crippen molar-refractivity contribution in [2.24, 2.45) is 0 Å². The van der Waals surface area contributed by atoms with Gasteiger partial charge in [0.25, 0.3) is 0 Å². The molecule has 4 nitrogen and oxygen atoms in total. The van der Waals surface area contributed by atoms with Crippen molar-refractivity contribution in [3.63, 3.8) is 0 Å². The minimum Gasteiger partial charge on any atom is -0.376 e. The molecular formula is C22H28N2O2S. The minimum atomic E-state index is 0.163. The summed E-state index contributed by atoms with van der Waals surface area (Å²) in [5.74, 6) is 0.163. The van der Waals surface area contributed by atoms with Crippen LogP contribution in [0.2, 0.25) is 0 Å². The number of carbonyl (C=O) groups is 1. The first kappa shape index (κ1) is 18.5. The van der Waals surface area contributed by atoms with Crippen LogP contribution >= 0.6 is 11.3 Å². The molecule has 0 unspecified atom stereocenters. The van der Waals surface area contributed by atoms with Crippen LogP contribution in [0, 0.1) is 0 Å². The van der Waals surface area contributed by atoms with Crippen molar-refractivity contribution in [1.29, 1.82) is 0 Å². The van der Waals surface area contributed by atoms with Gasteiger partial charge in [0.2, 0.25) is 5.91 Å². The molecule has 1 amide bonds. The molecule has 0 bridgehead atoms. The monoisotopic (exact) mass is 384 g/mol. The topological polar surface area (TPSA) is 41.6 Å². The van der Waals surface area contributed by atoms with Gasteiger partial charge in [0.1, 0.15) is 0 Å². The van der Waals surface area contributed by atoms with E-state index in [0.29, 0.717) is 19.3 Å². The van der Waals surface area contributed by atoms with Gasteiger partial charge in [-0.1, -0.05) is 31.4 Å². The summed E-state index contributed by atoms with van der Waals surface area (Å²) in [4.78, 5) is 15.9. The number of fused-ring (bicyclic) bond motifs is 1. The summed E-state index contributed by atoms with van der Waals surface area (Å²) in [6, 6.07) is 10.4. The first-order chi connectivity index (χ1) is 13.3. The molecule has 1 aromatic heterocycles. The second-order valence-corrected chi connectivity index (χ2v) is 8.56. The van der Waals surface area contributed by atoms with Gasteiger partial charge in [-0.15, -0.1) is 11.3 Å². The highest BCUT2D eigenvalue weighted by atomic mass is 32.1. The maximum atomic E-state index is 12.6. The highest BCUT2D eigenvalue weighted by Gasteiger charge is 2.21. The Morgan fingerprint density at radius 3 is 3.00 bits per heavy atom. The lowest BCUT2D eigenvalue weighted by Crippen LogP contribution is -2.38. The Bertz CT molecular complexity index is 767. The Balaban J connectivity index is 1.26. The van der Waals surface area contributed by atoms with Crippen LogP contribution < -0.4 is 5.32 Å². The molecule has 2 aliphatic rings. The molecule has 0 radical (unpaired) electrons. The van der Waals surface area contributed by atoms with Gasteiger partial charge in [-0.05, 0) is 54.0 Å². The number of thiophene rings is 1. The third kappa shape index (κ3) is 4.90. The number of anilines is 1. The van der Waals surface area contributed by atoms with Crippen LogP contribution in [0.15, 0.2) is 35.7 Å². The summed E-state index contributed by atoms with van der Waals surface area (Å²) in [5, 5.41) is 5.42. The molecule has 0 saturated heterocycles. The van der Waals surface area contributed by atoms with Gasteiger partial charge in [0.15, 0.2) is 0 Å². The van der Waals surface area contributed by atoms with E-state index in [1.54, 1.807) is 11.3 Å². The SMILES string of the molecule is O=C(CNc1cccc(COC2CCCCC2)c1)N1CCc2sccc2C1. The minimum absolute atomic E-state index is 0.163. The van der Waals surface area contributed by atoms with Crippen molar-refractivity contribution in [2.75, 3.05) is 18.4 Å². The zero-order valence-corrected chi connectivity index (χ0v) is 16.6. The lowest BCUT2D eigenvalue weighted by molar-refractivity contribution is -0.130. The Morgan fingerprint density at radius 1 is 1.22 bits per heavy atom. The Hall–Kier alpha value is -1.85. The molecule has 1 aliphatic carbocycles. The standard InChI is InChI=1S/C22H28N2O2S/c25-22(24-11-9-21-18(15-24)10-12-27-21)14-23-19-6-4-5-17(13-19)16-26-20-7-2-1-3-8-20/h4-6,10,12-13,20,23H,1-3,7-9,11,14-16H2. The lowest BCUT2D eigenvalue weighted by Gasteiger charge is -2.27. The van der Waals surface area contributed by atoms with E-state index in [0.717, 1.165) is 25.2 Å². The number of nitrogens with one attached hydrogen (secondary N) is 1. The van der Waals surface area contributed by atoms with E-state index in [1.165, 1.54) is 48.1 Å². The molecule has 1 N–H and O–H groups in total. The van der Waals surface area contributed by atoms with Gasteiger partial charge < -0.3 is 15.0 Å². The van der Waals surface area contributed by atoms with Gasteiger partial charge in [-0.3, -0.25) is 4.79 Å². The van der Waals surface area contributed by atoms with Crippen molar-refractivity contribution in [1.82, 2.24) is 4.90 Å². The number of carbonyl (C=O) groups excluding carboxylic acids is 1. The van der Waals surface area contributed by atoms with Crippen molar-refractivity contribution in [3.8, 4) is 0 Å². The number of amides is 1. The third-order valence-electron chi connectivity index (χ3n) is 5.57. The molecule has 0 spiro atoms.